The van der Waals surface area contributed by atoms with Crippen LogP contribution < -0.4 is 0 Å². The van der Waals surface area contributed by atoms with Gasteiger partial charge in [0.15, 0.2) is 0 Å². The zero-order valence-corrected chi connectivity index (χ0v) is 13.4. The summed E-state index contributed by atoms with van der Waals surface area (Å²) in [5.41, 5.74) is 1.58. The van der Waals surface area contributed by atoms with Crippen LogP contribution in [0.5, 0.6) is 0 Å². The van der Waals surface area contributed by atoms with Gasteiger partial charge in [0.25, 0.3) is 0 Å². The van der Waals surface area contributed by atoms with Crippen LogP contribution in [0, 0.1) is 24.0 Å². The van der Waals surface area contributed by atoms with Crippen molar-refractivity contribution in [1.29, 1.82) is 0 Å². The Labute approximate surface area is 133 Å². The summed E-state index contributed by atoms with van der Waals surface area (Å²) in [6.07, 6.45) is 2.37. The Bertz CT molecular complexity index is 711. The van der Waals surface area contributed by atoms with Crippen molar-refractivity contribution < 1.29 is 9.72 Å². The first-order valence-electron chi connectivity index (χ1n) is 7.22. The Kier molecular flexibility index (Phi) is 5.05. The first-order chi connectivity index (χ1) is 10.9. The molecule has 0 aliphatic heterocycles. The van der Waals surface area contributed by atoms with Crippen molar-refractivity contribution in [2.24, 2.45) is 0 Å². The molecule has 0 saturated heterocycles. The summed E-state index contributed by atoms with van der Waals surface area (Å²) in [6, 6.07) is 5.65. The average molecular weight is 317 g/mol. The van der Waals surface area contributed by atoms with E-state index in [0.717, 1.165) is 5.69 Å². The largest absolute Gasteiger partial charge is 0.344 e. The lowest BCUT2D eigenvalue weighted by molar-refractivity contribution is -0.386. The average Bonchev–Trinajstić information content (AvgIpc) is 2.79. The Morgan fingerprint density at radius 2 is 2.13 bits per heavy atom. The number of aromatic nitrogens is 3. The molecule has 0 radical (unpaired) electrons. The maximum absolute atomic E-state index is 12.3. The number of hydrogen-bond acceptors (Lipinski definition) is 5. The molecule has 2 aromatic heterocycles. The molecule has 23 heavy (non-hydrogen) atoms. The van der Waals surface area contributed by atoms with Gasteiger partial charge in [-0.05, 0) is 26.0 Å². The van der Waals surface area contributed by atoms with Gasteiger partial charge in [-0.3, -0.25) is 24.6 Å². The number of aryl methyl sites for hydroxylation is 1. The number of amides is 1. The summed E-state index contributed by atoms with van der Waals surface area (Å²) in [7, 11) is 1.70. The lowest BCUT2D eigenvalue weighted by Crippen LogP contribution is -2.32. The number of rotatable bonds is 6. The van der Waals surface area contributed by atoms with Crippen molar-refractivity contribution in [3.8, 4) is 0 Å². The van der Waals surface area contributed by atoms with Gasteiger partial charge in [0, 0.05) is 31.9 Å². The number of carbonyl (C=O) groups excluding carboxylic acids is 1. The molecule has 122 valence electrons. The third kappa shape index (κ3) is 3.91. The van der Waals surface area contributed by atoms with Gasteiger partial charge in [-0.2, -0.15) is 5.10 Å². The van der Waals surface area contributed by atoms with Crippen LogP contribution in [0.3, 0.4) is 0 Å². The monoisotopic (exact) mass is 317 g/mol. The molecule has 0 saturated carbocycles. The Morgan fingerprint density at radius 3 is 2.70 bits per heavy atom. The Balaban J connectivity index is 1.99. The molecule has 0 aliphatic rings. The zero-order chi connectivity index (χ0) is 17.0. The second kappa shape index (κ2) is 6.99. The summed E-state index contributed by atoms with van der Waals surface area (Å²) in [5.74, 6) is -0.151. The number of carbonyl (C=O) groups is 1. The van der Waals surface area contributed by atoms with E-state index in [1.165, 1.54) is 4.68 Å². The lowest BCUT2D eigenvalue weighted by atomic mass is 10.2. The fourth-order valence-corrected chi connectivity index (χ4v) is 2.31. The molecule has 0 atom stereocenters. The van der Waals surface area contributed by atoms with Crippen molar-refractivity contribution in [3.05, 3.63) is 51.6 Å². The predicted molar refractivity (Wildman–Crippen MR) is 83.9 cm³/mol. The van der Waals surface area contributed by atoms with Gasteiger partial charge < -0.3 is 4.90 Å². The number of nitrogens with zero attached hydrogens (tertiary/aromatic N) is 5. The van der Waals surface area contributed by atoms with Gasteiger partial charge in [-0.1, -0.05) is 6.07 Å². The van der Waals surface area contributed by atoms with Gasteiger partial charge in [0.2, 0.25) is 5.91 Å². The van der Waals surface area contributed by atoms with Crippen LogP contribution in [0.1, 0.15) is 17.1 Å². The summed E-state index contributed by atoms with van der Waals surface area (Å²) >= 11 is 0. The fraction of sp³-hybridized carbons (Fsp3) is 0.400. The van der Waals surface area contributed by atoms with Crippen molar-refractivity contribution in [2.75, 3.05) is 13.6 Å². The van der Waals surface area contributed by atoms with Crippen LogP contribution >= 0.6 is 0 Å². The van der Waals surface area contributed by atoms with E-state index >= 15 is 0 Å². The minimum atomic E-state index is -0.469. The van der Waals surface area contributed by atoms with Crippen LogP contribution in [0.25, 0.3) is 0 Å². The van der Waals surface area contributed by atoms with E-state index in [1.54, 1.807) is 32.0 Å². The molecule has 0 aliphatic carbocycles. The van der Waals surface area contributed by atoms with Crippen LogP contribution in [-0.2, 0) is 17.8 Å². The molecule has 8 nitrogen and oxygen atoms in total. The van der Waals surface area contributed by atoms with Crippen molar-refractivity contribution >= 4 is 11.6 Å². The maximum Gasteiger partial charge on any atom is 0.312 e. The number of nitro groups is 1. The van der Waals surface area contributed by atoms with E-state index in [-0.39, 0.29) is 18.1 Å². The van der Waals surface area contributed by atoms with Crippen LogP contribution in [0.15, 0.2) is 24.4 Å². The van der Waals surface area contributed by atoms with Gasteiger partial charge in [0.05, 0.1) is 4.92 Å². The molecule has 2 rings (SSSR count). The second-order valence-electron chi connectivity index (χ2n) is 5.32. The molecule has 0 fully saturated rings. The molecule has 0 unspecified atom stereocenters. The highest BCUT2D eigenvalue weighted by atomic mass is 16.6. The van der Waals surface area contributed by atoms with Crippen LogP contribution in [0.4, 0.5) is 5.69 Å². The summed E-state index contributed by atoms with van der Waals surface area (Å²) in [6.45, 7) is 3.67. The van der Waals surface area contributed by atoms with Gasteiger partial charge >= 0.3 is 5.69 Å². The van der Waals surface area contributed by atoms with E-state index < -0.39 is 4.92 Å². The molecule has 0 spiro atoms. The van der Waals surface area contributed by atoms with Gasteiger partial charge in [-0.25, -0.2) is 0 Å². The summed E-state index contributed by atoms with van der Waals surface area (Å²) in [5, 5.41) is 15.1. The zero-order valence-electron chi connectivity index (χ0n) is 13.4. The fourth-order valence-electron chi connectivity index (χ4n) is 2.31. The summed E-state index contributed by atoms with van der Waals surface area (Å²) in [4.78, 5) is 28.6. The molecule has 2 aromatic rings. The molecule has 2 heterocycles. The van der Waals surface area contributed by atoms with E-state index in [0.29, 0.717) is 24.4 Å². The Morgan fingerprint density at radius 1 is 1.39 bits per heavy atom. The first-order valence-corrected chi connectivity index (χ1v) is 7.22. The molecule has 0 aromatic carbocycles. The SMILES string of the molecule is Cc1nn(CC(=O)N(C)CCc2ccccn2)c(C)c1[N+](=O)[O-]. The van der Waals surface area contributed by atoms with E-state index in [9.17, 15) is 14.9 Å². The molecular formula is C15H19N5O3. The van der Waals surface area contributed by atoms with E-state index in [1.807, 2.05) is 18.2 Å². The highest BCUT2D eigenvalue weighted by Crippen LogP contribution is 2.21. The standard InChI is InChI=1S/C15H19N5O3/c1-11-15(20(22)23)12(2)19(17-11)10-14(21)18(3)9-7-13-6-4-5-8-16-13/h4-6,8H,7,9-10H2,1-3H3. The Hall–Kier alpha value is -2.77. The van der Waals surface area contributed by atoms with Crippen molar-refractivity contribution in [2.45, 2.75) is 26.8 Å². The summed E-state index contributed by atoms with van der Waals surface area (Å²) < 4.78 is 1.38. The maximum atomic E-state index is 12.3. The third-order valence-corrected chi connectivity index (χ3v) is 3.67. The van der Waals surface area contributed by atoms with E-state index in [2.05, 4.69) is 10.1 Å². The van der Waals surface area contributed by atoms with Crippen molar-refractivity contribution in [3.63, 3.8) is 0 Å². The smallest absolute Gasteiger partial charge is 0.312 e. The topological polar surface area (TPSA) is 94.2 Å². The predicted octanol–water partition coefficient (Wildman–Crippen LogP) is 1.50. The number of hydrogen-bond donors (Lipinski definition) is 0. The molecule has 8 heteroatoms. The minimum absolute atomic E-state index is 0.0147. The normalized spacial score (nSPS) is 10.6. The van der Waals surface area contributed by atoms with Crippen LogP contribution in [0.2, 0.25) is 0 Å². The quantitative estimate of drug-likeness (QED) is 0.594. The minimum Gasteiger partial charge on any atom is -0.344 e. The first kappa shape index (κ1) is 16.6. The lowest BCUT2D eigenvalue weighted by Gasteiger charge is -2.17. The second-order valence-corrected chi connectivity index (χ2v) is 5.32. The number of likely N-dealkylation sites (N-methyl/N-ethyl adjacent to an activating group) is 1. The highest BCUT2D eigenvalue weighted by molar-refractivity contribution is 5.75. The van der Waals surface area contributed by atoms with Crippen LogP contribution in [-0.4, -0.2) is 44.1 Å². The van der Waals surface area contributed by atoms with Gasteiger partial charge in [-0.15, -0.1) is 0 Å². The van der Waals surface area contributed by atoms with Crippen molar-refractivity contribution in [1.82, 2.24) is 19.7 Å². The third-order valence-electron chi connectivity index (χ3n) is 3.67. The molecular weight excluding hydrogens is 298 g/mol. The number of pyridine rings is 1. The molecule has 1 amide bonds. The highest BCUT2D eigenvalue weighted by Gasteiger charge is 2.23. The molecule has 0 N–H and O–H groups in total. The van der Waals surface area contributed by atoms with Gasteiger partial charge in [0.1, 0.15) is 17.9 Å². The van der Waals surface area contributed by atoms with E-state index in [4.69, 9.17) is 0 Å². The molecule has 0 bridgehead atoms.